The Hall–Kier alpha value is -2.28. The lowest BCUT2D eigenvalue weighted by molar-refractivity contribution is -0.680. The lowest BCUT2D eigenvalue weighted by atomic mass is 10.2. The van der Waals surface area contributed by atoms with Gasteiger partial charge in [-0.15, -0.1) is 0 Å². The van der Waals surface area contributed by atoms with E-state index in [4.69, 9.17) is 23.2 Å². The third-order valence-electron chi connectivity index (χ3n) is 3.88. The van der Waals surface area contributed by atoms with Crippen LogP contribution in [-0.4, -0.2) is 31.0 Å². The van der Waals surface area contributed by atoms with Gasteiger partial charge in [0.2, 0.25) is 5.91 Å². The average molecular weight is 410 g/mol. The number of nitrogens with two attached hydrogens (primary N) is 1. The molecule has 0 unspecified atom stereocenters. The molecule has 2 aromatic rings. The summed E-state index contributed by atoms with van der Waals surface area (Å²) in [5, 5.41) is 19.2. The molecule has 0 radical (unpaired) electrons. The van der Waals surface area contributed by atoms with E-state index in [0.29, 0.717) is 13.1 Å². The van der Waals surface area contributed by atoms with Gasteiger partial charge in [0, 0.05) is 5.69 Å². The van der Waals surface area contributed by atoms with Gasteiger partial charge in [0.25, 0.3) is 0 Å². The van der Waals surface area contributed by atoms with Crippen molar-refractivity contribution in [1.29, 1.82) is 0 Å². The highest BCUT2D eigenvalue weighted by Gasteiger charge is 2.19. The summed E-state index contributed by atoms with van der Waals surface area (Å²) in [5.74, 6) is -1.80. The number of para-hydroxylation sites is 1. The summed E-state index contributed by atoms with van der Waals surface area (Å²) in [4.78, 5) is 23.5. The van der Waals surface area contributed by atoms with Crippen molar-refractivity contribution in [2.45, 2.75) is 19.4 Å². The van der Waals surface area contributed by atoms with Crippen molar-refractivity contribution in [2.24, 2.45) is 0 Å². The number of carbonyl (C=O) groups is 2. The fourth-order valence-electron chi connectivity index (χ4n) is 2.53. The topological polar surface area (TPSA) is 97.9 Å². The fraction of sp³-hybridized carbons (Fsp3) is 0.263. The zero-order valence-electron chi connectivity index (χ0n) is 14.8. The molecular formula is C19H21Cl2N3O3. The normalized spacial score (nSPS) is 11.7. The molecule has 144 valence electrons. The van der Waals surface area contributed by atoms with Crippen LogP contribution in [0.3, 0.4) is 0 Å². The second-order valence-corrected chi connectivity index (χ2v) is 6.91. The molecule has 0 saturated heterocycles. The van der Waals surface area contributed by atoms with Gasteiger partial charge in [-0.05, 0) is 36.8 Å². The van der Waals surface area contributed by atoms with E-state index >= 15 is 0 Å². The first kappa shape index (κ1) is 21.0. The largest absolute Gasteiger partial charge is 0.544 e. The molecule has 0 aromatic heterocycles. The summed E-state index contributed by atoms with van der Waals surface area (Å²) in [7, 11) is 0. The zero-order valence-corrected chi connectivity index (χ0v) is 16.3. The smallest absolute Gasteiger partial charge is 0.230 e. The standard InChI is InChI=1S/C19H21Cl2N3O3/c1-12-4-2-5-13(10-12)22-8-9-23-16(19(26)27)11-17(25)24-18-14(20)6-3-7-15(18)21/h2-7,10,16,22-23H,8-9,11H2,1H3,(H,24,25)(H,26,27)/t16-/m1/s1. The Kier molecular flexibility index (Phi) is 7.91. The number of halogens is 2. The zero-order chi connectivity index (χ0) is 19.8. The van der Waals surface area contributed by atoms with Crippen LogP contribution in [0.5, 0.6) is 0 Å². The summed E-state index contributed by atoms with van der Waals surface area (Å²) >= 11 is 12.0. The molecule has 0 aliphatic carbocycles. The van der Waals surface area contributed by atoms with E-state index in [1.165, 1.54) is 0 Å². The number of carbonyl (C=O) groups excluding carboxylic acids is 2. The van der Waals surface area contributed by atoms with Crippen molar-refractivity contribution < 1.29 is 20.0 Å². The number of hydrogen-bond acceptors (Lipinski definition) is 4. The van der Waals surface area contributed by atoms with E-state index in [1.807, 2.05) is 31.2 Å². The maximum Gasteiger partial charge on any atom is 0.230 e. The van der Waals surface area contributed by atoms with Gasteiger partial charge >= 0.3 is 0 Å². The predicted molar refractivity (Wildman–Crippen MR) is 105 cm³/mol. The summed E-state index contributed by atoms with van der Waals surface area (Å²) in [6.45, 7) is 3.01. The summed E-state index contributed by atoms with van der Waals surface area (Å²) < 4.78 is 0. The molecule has 0 aliphatic rings. The van der Waals surface area contributed by atoms with Crippen LogP contribution in [0.2, 0.25) is 10.0 Å². The summed E-state index contributed by atoms with van der Waals surface area (Å²) in [6.07, 6.45) is -0.256. The molecule has 0 saturated carbocycles. The van der Waals surface area contributed by atoms with Gasteiger partial charge in [-0.1, -0.05) is 41.4 Å². The van der Waals surface area contributed by atoms with E-state index in [2.05, 4.69) is 10.6 Å². The van der Waals surface area contributed by atoms with E-state index < -0.39 is 17.9 Å². The lowest BCUT2D eigenvalue weighted by Crippen LogP contribution is -2.94. The number of amides is 1. The van der Waals surface area contributed by atoms with E-state index in [-0.39, 0.29) is 22.2 Å². The quantitative estimate of drug-likeness (QED) is 0.545. The molecule has 1 amide bonds. The number of carboxylic acids is 1. The Morgan fingerprint density at radius 1 is 1.15 bits per heavy atom. The molecule has 2 rings (SSSR count). The van der Waals surface area contributed by atoms with Gasteiger partial charge in [-0.3, -0.25) is 4.79 Å². The monoisotopic (exact) mass is 409 g/mol. The Labute approximate surface area is 167 Å². The molecule has 4 N–H and O–H groups in total. The van der Waals surface area contributed by atoms with Crippen LogP contribution in [0.25, 0.3) is 0 Å². The van der Waals surface area contributed by atoms with Crippen molar-refractivity contribution in [1.82, 2.24) is 0 Å². The van der Waals surface area contributed by atoms with Crippen LogP contribution in [-0.2, 0) is 9.59 Å². The molecule has 8 heteroatoms. The van der Waals surface area contributed by atoms with E-state index in [9.17, 15) is 14.7 Å². The predicted octanol–water partition coefficient (Wildman–Crippen LogP) is 1.42. The van der Waals surface area contributed by atoms with Crippen LogP contribution in [0.1, 0.15) is 12.0 Å². The highest BCUT2D eigenvalue weighted by atomic mass is 35.5. The fourth-order valence-corrected chi connectivity index (χ4v) is 3.02. The van der Waals surface area contributed by atoms with Crippen molar-refractivity contribution in [3.8, 4) is 0 Å². The Morgan fingerprint density at radius 3 is 2.44 bits per heavy atom. The molecule has 0 aliphatic heterocycles. The molecule has 2 aromatic carbocycles. The minimum absolute atomic E-state index is 0.256. The van der Waals surface area contributed by atoms with Gasteiger partial charge in [0.15, 0.2) is 0 Å². The number of aliphatic carboxylic acids is 1. The molecule has 0 bridgehead atoms. The van der Waals surface area contributed by atoms with Crippen molar-refractivity contribution in [3.05, 3.63) is 58.1 Å². The number of hydrogen-bond donors (Lipinski definition) is 3. The number of rotatable bonds is 9. The van der Waals surface area contributed by atoms with E-state index in [1.54, 1.807) is 23.5 Å². The molecule has 0 spiro atoms. The Bertz CT molecular complexity index is 794. The van der Waals surface area contributed by atoms with Gasteiger partial charge in [-0.25, -0.2) is 0 Å². The maximum absolute atomic E-state index is 12.2. The first-order valence-electron chi connectivity index (χ1n) is 8.45. The minimum Gasteiger partial charge on any atom is -0.544 e. The van der Waals surface area contributed by atoms with Crippen LogP contribution in [0.4, 0.5) is 11.4 Å². The SMILES string of the molecule is Cc1cccc(NCC[NH2+][C@H](CC(=O)Nc2c(Cl)cccc2Cl)C(=O)[O-])c1. The molecule has 0 fully saturated rings. The Balaban J connectivity index is 1.84. The number of benzene rings is 2. The molecule has 6 nitrogen and oxygen atoms in total. The van der Waals surface area contributed by atoms with Gasteiger partial charge < -0.3 is 25.9 Å². The number of carboxylic acid groups (broad SMARTS) is 1. The van der Waals surface area contributed by atoms with E-state index in [0.717, 1.165) is 11.3 Å². The first-order chi connectivity index (χ1) is 12.9. The lowest BCUT2D eigenvalue weighted by Gasteiger charge is -2.17. The summed E-state index contributed by atoms with van der Waals surface area (Å²) in [6, 6.07) is 11.7. The van der Waals surface area contributed by atoms with Gasteiger partial charge in [-0.2, -0.15) is 0 Å². The minimum atomic E-state index is -1.30. The first-order valence-corrected chi connectivity index (χ1v) is 9.21. The molecule has 0 heterocycles. The maximum atomic E-state index is 12.2. The van der Waals surface area contributed by atoms with Gasteiger partial charge in [0.05, 0.1) is 41.2 Å². The number of nitrogens with one attached hydrogen (secondary N) is 2. The van der Waals surface area contributed by atoms with Crippen molar-refractivity contribution >= 4 is 46.5 Å². The average Bonchev–Trinajstić information content (AvgIpc) is 2.61. The Morgan fingerprint density at radius 2 is 1.81 bits per heavy atom. The van der Waals surface area contributed by atoms with Crippen LogP contribution < -0.4 is 21.1 Å². The number of anilines is 2. The van der Waals surface area contributed by atoms with Gasteiger partial charge in [0.1, 0.15) is 6.04 Å². The van der Waals surface area contributed by atoms with Crippen molar-refractivity contribution in [2.75, 3.05) is 23.7 Å². The third-order valence-corrected chi connectivity index (χ3v) is 4.51. The second kappa shape index (κ2) is 10.2. The van der Waals surface area contributed by atoms with Crippen molar-refractivity contribution in [3.63, 3.8) is 0 Å². The van der Waals surface area contributed by atoms with Crippen LogP contribution >= 0.6 is 23.2 Å². The highest BCUT2D eigenvalue weighted by molar-refractivity contribution is 6.39. The van der Waals surface area contributed by atoms with Crippen LogP contribution in [0, 0.1) is 6.92 Å². The third kappa shape index (κ3) is 6.75. The number of quaternary nitrogens is 1. The molecule has 1 atom stereocenters. The molecular weight excluding hydrogens is 389 g/mol. The van der Waals surface area contributed by atoms with Crippen LogP contribution in [0.15, 0.2) is 42.5 Å². The summed E-state index contributed by atoms with van der Waals surface area (Å²) in [5.41, 5.74) is 2.36. The second-order valence-electron chi connectivity index (χ2n) is 6.10. The molecule has 27 heavy (non-hydrogen) atoms. The highest BCUT2D eigenvalue weighted by Crippen LogP contribution is 2.29. The number of aryl methyl sites for hydroxylation is 1.